The number of piperidine rings is 1. The van der Waals surface area contributed by atoms with Crippen molar-refractivity contribution in [2.45, 2.75) is 25.8 Å². The minimum absolute atomic E-state index is 0.845. The highest BCUT2D eigenvalue weighted by atomic mass is 35.5. The molecule has 0 aliphatic carbocycles. The Morgan fingerprint density at radius 1 is 0.773 bits per heavy atom. The molecule has 122 valence electrons. The molecule has 0 saturated carbocycles. The van der Waals surface area contributed by atoms with Gasteiger partial charge < -0.3 is 4.90 Å². The summed E-state index contributed by atoms with van der Waals surface area (Å²) in [5, 5.41) is 0.845. The van der Waals surface area contributed by atoms with E-state index < -0.39 is 0 Å². The van der Waals surface area contributed by atoms with Crippen molar-refractivity contribution in [2.75, 3.05) is 52.4 Å². The van der Waals surface area contributed by atoms with Crippen molar-refractivity contribution >= 4 is 11.6 Å². The van der Waals surface area contributed by atoms with Crippen LogP contribution in [0.15, 0.2) is 24.3 Å². The van der Waals surface area contributed by atoms with E-state index in [-0.39, 0.29) is 0 Å². The van der Waals surface area contributed by atoms with Gasteiger partial charge in [0.05, 0.1) is 0 Å². The van der Waals surface area contributed by atoms with Crippen LogP contribution in [0.3, 0.4) is 0 Å². The van der Waals surface area contributed by atoms with E-state index in [1.807, 2.05) is 12.1 Å². The summed E-state index contributed by atoms with van der Waals surface area (Å²) >= 11 is 6.07. The third-order valence-corrected chi connectivity index (χ3v) is 5.18. The SMILES string of the molecule is Clc1cccc(CN2CCN(CCN3CCCCC3)CC2)c1. The van der Waals surface area contributed by atoms with Crippen LogP contribution in [-0.4, -0.2) is 67.1 Å². The van der Waals surface area contributed by atoms with Gasteiger partial charge >= 0.3 is 0 Å². The van der Waals surface area contributed by atoms with E-state index in [4.69, 9.17) is 11.6 Å². The minimum atomic E-state index is 0.845. The fourth-order valence-corrected chi connectivity index (χ4v) is 3.74. The van der Waals surface area contributed by atoms with Gasteiger partial charge in [0.1, 0.15) is 0 Å². The van der Waals surface area contributed by atoms with Crippen LogP contribution in [0, 0.1) is 0 Å². The molecule has 0 bridgehead atoms. The Morgan fingerprint density at radius 2 is 1.41 bits per heavy atom. The number of rotatable bonds is 5. The van der Waals surface area contributed by atoms with Crippen LogP contribution in [0.1, 0.15) is 24.8 Å². The third-order valence-electron chi connectivity index (χ3n) is 4.94. The lowest BCUT2D eigenvalue weighted by Crippen LogP contribution is -2.48. The second kappa shape index (κ2) is 8.30. The summed E-state index contributed by atoms with van der Waals surface area (Å²) in [5.41, 5.74) is 1.33. The Morgan fingerprint density at radius 3 is 2.09 bits per heavy atom. The number of piperazine rings is 1. The van der Waals surface area contributed by atoms with Crippen LogP contribution in [0.2, 0.25) is 5.02 Å². The Hall–Kier alpha value is -0.610. The maximum Gasteiger partial charge on any atom is 0.0409 e. The van der Waals surface area contributed by atoms with Gasteiger partial charge in [0, 0.05) is 50.8 Å². The van der Waals surface area contributed by atoms with Crippen molar-refractivity contribution in [3.8, 4) is 0 Å². The van der Waals surface area contributed by atoms with Gasteiger partial charge in [0.25, 0.3) is 0 Å². The predicted molar refractivity (Wildman–Crippen MR) is 93.5 cm³/mol. The van der Waals surface area contributed by atoms with Crippen LogP contribution in [0.4, 0.5) is 0 Å². The number of hydrogen-bond donors (Lipinski definition) is 0. The van der Waals surface area contributed by atoms with Crippen LogP contribution in [0.5, 0.6) is 0 Å². The Balaban J connectivity index is 1.37. The van der Waals surface area contributed by atoms with Crippen molar-refractivity contribution in [1.29, 1.82) is 0 Å². The maximum atomic E-state index is 6.07. The molecular weight excluding hydrogens is 294 g/mol. The van der Waals surface area contributed by atoms with Crippen molar-refractivity contribution < 1.29 is 0 Å². The van der Waals surface area contributed by atoms with Crippen molar-refractivity contribution in [3.05, 3.63) is 34.9 Å². The molecular formula is C18H28ClN3. The first-order valence-corrected chi connectivity index (χ1v) is 9.09. The normalized spacial score (nSPS) is 22.0. The molecule has 0 amide bonds. The topological polar surface area (TPSA) is 9.72 Å². The largest absolute Gasteiger partial charge is 0.302 e. The molecule has 2 aliphatic heterocycles. The van der Waals surface area contributed by atoms with Crippen molar-refractivity contribution in [3.63, 3.8) is 0 Å². The van der Waals surface area contributed by atoms with E-state index in [2.05, 4.69) is 26.8 Å². The monoisotopic (exact) mass is 321 g/mol. The molecule has 0 N–H and O–H groups in total. The van der Waals surface area contributed by atoms with Crippen molar-refractivity contribution in [2.24, 2.45) is 0 Å². The highest BCUT2D eigenvalue weighted by molar-refractivity contribution is 6.30. The summed E-state index contributed by atoms with van der Waals surface area (Å²) in [7, 11) is 0. The number of nitrogens with zero attached hydrogens (tertiary/aromatic N) is 3. The quantitative estimate of drug-likeness (QED) is 0.825. The summed E-state index contributed by atoms with van der Waals surface area (Å²) < 4.78 is 0. The molecule has 0 atom stereocenters. The zero-order valence-electron chi connectivity index (χ0n) is 13.5. The Labute approximate surface area is 139 Å². The van der Waals surface area contributed by atoms with Crippen LogP contribution >= 0.6 is 11.6 Å². The van der Waals surface area contributed by atoms with Gasteiger partial charge in [0.2, 0.25) is 0 Å². The summed E-state index contributed by atoms with van der Waals surface area (Å²) in [5.74, 6) is 0. The average Bonchev–Trinajstić information content (AvgIpc) is 2.55. The maximum absolute atomic E-state index is 6.07. The molecule has 2 heterocycles. The zero-order chi connectivity index (χ0) is 15.2. The second-order valence-corrected chi connectivity index (χ2v) is 7.09. The van der Waals surface area contributed by atoms with E-state index in [0.717, 1.165) is 11.6 Å². The molecule has 0 radical (unpaired) electrons. The first-order valence-electron chi connectivity index (χ1n) is 8.71. The summed E-state index contributed by atoms with van der Waals surface area (Å²) in [6, 6.07) is 8.26. The van der Waals surface area contributed by atoms with E-state index in [1.165, 1.54) is 77.2 Å². The van der Waals surface area contributed by atoms with Gasteiger partial charge in [-0.2, -0.15) is 0 Å². The lowest BCUT2D eigenvalue weighted by atomic mass is 10.1. The number of halogens is 1. The lowest BCUT2D eigenvalue weighted by Gasteiger charge is -2.36. The minimum Gasteiger partial charge on any atom is -0.302 e. The fourth-order valence-electron chi connectivity index (χ4n) is 3.53. The number of benzene rings is 1. The fraction of sp³-hybridized carbons (Fsp3) is 0.667. The van der Waals surface area contributed by atoms with E-state index in [1.54, 1.807) is 0 Å². The molecule has 0 unspecified atom stereocenters. The standard InChI is InChI=1S/C18H28ClN3/c19-18-6-4-5-17(15-18)16-22-13-11-21(12-14-22)10-9-20-7-2-1-3-8-20/h4-6,15H,1-3,7-14,16H2. The van der Waals surface area contributed by atoms with Crippen molar-refractivity contribution in [1.82, 2.24) is 14.7 Å². The van der Waals surface area contributed by atoms with Gasteiger partial charge in [-0.15, -0.1) is 0 Å². The molecule has 4 heteroatoms. The predicted octanol–water partition coefficient (Wildman–Crippen LogP) is 2.94. The second-order valence-electron chi connectivity index (χ2n) is 6.65. The van der Waals surface area contributed by atoms with E-state index in [0.29, 0.717) is 0 Å². The lowest BCUT2D eigenvalue weighted by molar-refractivity contribution is 0.110. The molecule has 22 heavy (non-hydrogen) atoms. The third kappa shape index (κ3) is 4.95. The first kappa shape index (κ1) is 16.3. The number of likely N-dealkylation sites (tertiary alicyclic amines) is 1. The molecule has 0 spiro atoms. The first-order chi connectivity index (χ1) is 10.8. The highest BCUT2D eigenvalue weighted by Crippen LogP contribution is 2.14. The molecule has 1 aromatic carbocycles. The van der Waals surface area contributed by atoms with Gasteiger partial charge in [-0.3, -0.25) is 9.80 Å². The highest BCUT2D eigenvalue weighted by Gasteiger charge is 2.18. The molecule has 3 nitrogen and oxygen atoms in total. The smallest absolute Gasteiger partial charge is 0.0409 e. The average molecular weight is 322 g/mol. The molecule has 2 fully saturated rings. The van der Waals surface area contributed by atoms with Crippen LogP contribution in [-0.2, 0) is 6.54 Å². The molecule has 3 rings (SSSR count). The zero-order valence-corrected chi connectivity index (χ0v) is 14.3. The van der Waals surface area contributed by atoms with Gasteiger partial charge in [-0.25, -0.2) is 0 Å². The molecule has 1 aromatic rings. The number of hydrogen-bond acceptors (Lipinski definition) is 3. The summed E-state index contributed by atoms with van der Waals surface area (Å²) in [4.78, 5) is 7.81. The van der Waals surface area contributed by atoms with Crippen LogP contribution in [0.25, 0.3) is 0 Å². The van der Waals surface area contributed by atoms with Gasteiger partial charge in [0.15, 0.2) is 0 Å². The summed E-state index contributed by atoms with van der Waals surface area (Å²) in [6.07, 6.45) is 4.22. The van der Waals surface area contributed by atoms with E-state index >= 15 is 0 Å². The van der Waals surface area contributed by atoms with Crippen LogP contribution < -0.4 is 0 Å². The Bertz CT molecular complexity index is 451. The molecule has 2 saturated heterocycles. The van der Waals surface area contributed by atoms with E-state index in [9.17, 15) is 0 Å². The molecule has 0 aromatic heterocycles. The summed E-state index contributed by atoms with van der Waals surface area (Å²) in [6.45, 7) is 10.9. The van der Waals surface area contributed by atoms with Gasteiger partial charge in [-0.05, 0) is 43.6 Å². The Kier molecular flexibility index (Phi) is 6.13. The molecule has 2 aliphatic rings. The van der Waals surface area contributed by atoms with Gasteiger partial charge in [-0.1, -0.05) is 30.2 Å².